The molecule has 2 fully saturated rings. The van der Waals surface area contributed by atoms with Crippen LogP contribution in [-0.4, -0.2) is 29.1 Å². The standard InChI is InChI=1S/C10H14N2O2S/c1-2-8(15-5-1)10-11-9(12-14-10)7-3-4-13-6-7/h7-8H,1-6H2/t7-,8+/m1/s1. The quantitative estimate of drug-likeness (QED) is 0.773. The summed E-state index contributed by atoms with van der Waals surface area (Å²) in [6, 6.07) is 0. The lowest BCUT2D eigenvalue weighted by atomic mass is 10.1. The SMILES string of the molecule is C1CS[C@H](c2nc([C@@H]3CCOC3)no2)C1. The molecule has 2 aliphatic heterocycles. The summed E-state index contributed by atoms with van der Waals surface area (Å²) in [6.45, 7) is 1.57. The van der Waals surface area contributed by atoms with E-state index in [0.717, 1.165) is 31.3 Å². The van der Waals surface area contributed by atoms with Crippen LogP contribution in [-0.2, 0) is 4.74 Å². The molecular formula is C10H14N2O2S. The van der Waals surface area contributed by atoms with E-state index in [4.69, 9.17) is 9.26 Å². The van der Waals surface area contributed by atoms with Crippen LogP contribution < -0.4 is 0 Å². The summed E-state index contributed by atoms with van der Waals surface area (Å²) in [5, 5.41) is 4.50. The van der Waals surface area contributed by atoms with Crippen LogP contribution in [0.4, 0.5) is 0 Å². The van der Waals surface area contributed by atoms with Crippen LogP contribution in [0.2, 0.25) is 0 Å². The number of rotatable bonds is 2. The predicted molar refractivity (Wildman–Crippen MR) is 56.9 cm³/mol. The van der Waals surface area contributed by atoms with Gasteiger partial charge in [0.15, 0.2) is 5.82 Å². The van der Waals surface area contributed by atoms with Crippen LogP contribution in [0.1, 0.15) is 42.1 Å². The molecule has 82 valence electrons. The van der Waals surface area contributed by atoms with Crippen molar-refractivity contribution < 1.29 is 9.26 Å². The highest BCUT2D eigenvalue weighted by Crippen LogP contribution is 2.39. The Morgan fingerprint density at radius 2 is 2.33 bits per heavy atom. The maximum atomic E-state index is 5.32. The zero-order valence-electron chi connectivity index (χ0n) is 8.52. The van der Waals surface area contributed by atoms with Gasteiger partial charge in [-0.3, -0.25) is 0 Å². The molecule has 4 nitrogen and oxygen atoms in total. The molecule has 3 rings (SSSR count). The van der Waals surface area contributed by atoms with Gasteiger partial charge in [0, 0.05) is 12.5 Å². The molecule has 0 radical (unpaired) electrons. The molecule has 0 bridgehead atoms. The van der Waals surface area contributed by atoms with Crippen molar-refractivity contribution in [2.24, 2.45) is 0 Å². The summed E-state index contributed by atoms with van der Waals surface area (Å²) < 4.78 is 10.6. The molecular weight excluding hydrogens is 212 g/mol. The third kappa shape index (κ3) is 1.90. The van der Waals surface area contributed by atoms with E-state index < -0.39 is 0 Å². The molecule has 0 unspecified atom stereocenters. The Kier molecular flexibility index (Phi) is 2.66. The van der Waals surface area contributed by atoms with Gasteiger partial charge in [0.05, 0.1) is 11.9 Å². The van der Waals surface area contributed by atoms with Gasteiger partial charge in [-0.15, -0.1) is 11.8 Å². The number of hydrogen-bond donors (Lipinski definition) is 0. The predicted octanol–water partition coefficient (Wildman–Crippen LogP) is 2.14. The van der Waals surface area contributed by atoms with Gasteiger partial charge in [-0.1, -0.05) is 5.16 Å². The highest BCUT2D eigenvalue weighted by atomic mass is 32.2. The van der Waals surface area contributed by atoms with E-state index in [9.17, 15) is 0 Å². The molecule has 15 heavy (non-hydrogen) atoms. The molecule has 1 aromatic heterocycles. The van der Waals surface area contributed by atoms with Crippen molar-refractivity contribution in [2.45, 2.75) is 30.4 Å². The third-order valence-corrected chi connectivity index (χ3v) is 4.32. The minimum Gasteiger partial charge on any atom is -0.381 e. The first-order valence-electron chi connectivity index (χ1n) is 5.46. The third-order valence-electron chi connectivity index (χ3n) is 2.96. The van der Waals surface area contributed by atoms with E-state index in [-0.39, 0.29) is 0 Å². The molecule has 2 aliphatic rings. The van der Waals surface area contributed by atoms with Crippen molar-refractivity contribution in [1.29, 1.82) is 0 Å². The van der Waals surface area contributed by atoms with Crippen LogP contribution in [0.15, 0.2) is 4.52 Å². The second-order valence-corrected chi connectivity index (χ2v) is 5.36. The van der Waals surface area contributed by atoms with Crippen molar-refractivity contribution in [2.75, 3.05) is 19.0 Å². The topological polar surface area (TPSA) is 48.2 Å². The molecule has 0 amide bonds. The number of ether oxygens (including phenoxy) is 1. The van der Waals surface area contributed by atoms with Gasteiger partial charge in [0.1, 0.15) is 0 Å². The van der Waals surface area contributed by atoms with Crippen LogP contribution in [0, 0.1) is 0 Å². The average molecular weight is 226 g/mol. The van der Waals surface area contributed by atoms with Gasteiger partial charge in [0.25, 0.3) is 0 Å². The number of aromatic nitrogens is 2. The van der Waals surface area contributed by atoms with Crippen LogP contribution in [0.25, 0.3) is 0 Å². The van der Waals surface area contributed by atoms with Crippen molar-refractivity contribution in [3.63, 3.8) is 0 Å². The molecule has 0 spiro atoms. The Labute approximate surface area is 92.8 Å². The Balaban J connectivity index is 1.74. The van der Waals surface area contributed by atoms with E-state index in [0.29, 0.717) is 11.2 Å². The Morgan fingerprint density at radius 1 is 1.33 bits per heavy atom. The van der Waals surface area contributed by atoms with E-state index in [2.05, 4.69) is 10.1 Å². The summed E-state index contributed by atoms with van der Waals surface area (Å²) >= 11 is 1.92. The highest BCUT2D eigenvalue weighted by Gasteiger charge is 2.27. The fourth-order valence-electron chi connectivity index (χ4n) is 2.05. The maximum absolute atomic E-state index is 5.32. The Morgan fingerprint density at radius 3 is 3.07 bits per heavy atom. The largest absolute Gasteiger partial charge is 0.381 e. The normalized spacial score (nSPS) is 31.2. The molecule has 0 saturated carbocycles. The van der Waals surface area contributed by atoms with Gasteiger partial charge >= 0.3 is 0 Å². The molecule has 0 N–H and O–H groups in total. The molecule has 0 aliphatic carbocycles. The average Bonchev–Trinajstić information content (AvgIpc) is 3.02. The van der Waals surface area contributed by atoms with Crippen LogP contribution >= 0.6 is 11.8 Å². The molecule has 5 heteroatoms. The lowest BCUT2D eigenvalue weighted by molar-refractivity contribution is 0.192. The van der Waals surface area contributed by atoms with E-state index in [1.807, 2.05) is 11.8 Å². The first-order valence-corrected chi connectivity index (χ1v) is 6.51. The second-order valence-electron chi connectivity index (χ2n) is 4.05. The van der Waals surface area contributed by atoms with E-state index >= 15 is 0 Å². The minimum atomic E-state index is 0.355. The van der Waals surface area contributed by atoms with Crippen molar-refractivity contribution in [1.82, 2.24) is 10.1 Å². The molecule has 1 aromatic rings. The lowest BCUT2D eigenvalue weighted by Crippen LogP contribution is -2.00. The minimum absolute atomic E-state index is 0.355. The van der Waals surface area contributed by atoms with Crippen molar-refractivity contribution >= 4 is 11.8 Å². The molecule has 0 aromatic carbocycles. The molecule has 3 heterocycles. The number of hydrogen-bond acceptors (Lipinski definition) is 5. The Bertz CT molecular complexity index is 299. The second kappa shape index (κ2) is 4.14. The smallest absolute Gasteiger partial charge is 0.239 e. The van der Waals surface area contributed by atoms with Gasteiger partial charge in [-0.25, -0.2) is 0 Å². The molecule has 2 saturated heterocycles. The fraction of sp³-hybridized carbons (Fsp3) is 0.800. The summed E-state index contributed by atoms with van der Waals surface area (Å²) in [6.07, 6.45) is 3.46. The van der Waals surface area contributed by atoms with Crippen LogP contribution in [0.5, 0.6) is 0 Å². The summed E-state index contributed by atoms with van der Waals surface area (Å²) in [5.74, 6) is 3.23. The van der Waals surface area contributed by atoms with Crippen LogP contribution in [0.3, 0.4) is 0 Å². The monoisotopic (exact) mass is 226 g/mol. The number of nitrogens with zero attached hydrogens (tertiary/aromatic N) is 2. The van der Waals surface area contributed by atoms with E-state index in [1.165, 1.54) is 18.6 Å². The van der Waals surface area contributed by atoms with Gasteiger partial charge in [-0.05, 0) is 25.0 Å². The molecule has 2 atom stereocenters. The fourth-order valence-corrected chi connectivity index (χ4v) is 3.24. The summed E-state index contributed by atoms with van der Waals surface area (Å²) in [4.78, 5) is 4.50. The summed E-state index contributed by atoms with van der Waals surface area (Å²) in [7, 11) is 0. The number of thioether (sulfide) groups is 1. The van der Waals surface area contributed by atoms with Crippen molar-refractivity contribution in [3.8, 4) is 0 Å². The highest BCUT2D eigenvalue weighted by molar-refractivity contribution is 7.99. The maximum Gasteiger partial charge on any atom is 0.239 e. The van der Waals surface area contributed by atoms with Gasteiger partial charge in [0.2, 0.25) is 5.89 Å². The van der Waals surface area contributed by atoms with Gasteiger partial charge < -0.3 is 9.26 Å². The zero-order chi connectivity index (χ0) is 10.1. The van der Waals surface area contributed by atoms with Crippen molar-refractivity contribution in [3.05, 3.63) is 11.7 Å². The summed E-state index contributed by atoms with van der Waals surface area (Å²) in [5.41, 5.74) is 0. The van der Waals surface area contributed by atoms with Gasteiger partial charge in [-0.2, -0.15) is 4.98 Å². The zero-order valence-corrected chi connectivity index (χ0v) is 9.33. The van der Waals surface area contributed by atoms with E-state index in [1.54, 1.807) is 0 Å². The Hall–Kier alpha value is -0.550. The first kappa shape index (κ1) is 9.66. The first-order chi connectivity index (χ1) is 7.43. The lowest BCUT2D eigenvalue weighted by Gasteiger charge is -2.00.